The van der Waals surface area contributed by atoms with Gasteiger partial charge in [0, 0.05) is 54.0 Å². The van der Waals surface area contributed by atoms with Gasteiger partial charge in [-0.3, -0.25) is 14.4 Å². The summed E-state index contributed by atoms with van der Waals surface area (Å²) in [6.07, 6.45) is 4.72. The molecule has 0 fully saturated rings. The van der Waals surface area contributed by atoms with Gasteiger partial charge in [0.15, 0.2) is 11.6 Å². The molecule has 0 unspecified atom stereocenters. The Labute approximate surface area is 215 Å². The normalized spacial score (nSPS) is 11.6. The lowest BCUT2D eigenvalue weighted by atomic mass is 9.95. The van der Waals surface area contributed by atoms with Crippen LogP contribution in [0.2, 0.25) is 0 Å². The van der Waals surface area contributed by atoms with Crippen molar-refractivity contribution in [1.82, 2.24) is 14.8 Å². The number of ketones is 1. The molecule has 1 N–H and O–H groups in total. The first-order valence-corrected chi connectivity index (χ1v) is 11.8. The fourth-order valence-corrected chi connectivity index (χ4v) is 3.46. The fourth-order valence-electron chi connectivity index (χ4n) is 3.46. The molecule has 8 nitrogen and oxygen atoms in total. The summed E-state index contributed by atoms with van der Waals surface area (Å²) < 4.78 is 1.28. The highest BCUT2D eigenvalue weighted by molar-refractivity contribution is 6.07. The van der Waals surface area contributed by atoms with Crippen LogP contribution in [0.15, 0.2) is 72.9 Å². The summed E-state index contributed by atoms with van der Waals surface area (Å²) >= 11 is 0. The summed E-state index contributed by atoms with van der Waals surface area (Å²) in [6, 6.07) is 17.5. The second-order valence-electron chi connectivity index (χ2n) is 9.94. The van der Waals surface area contributed by atoms with Crippen molar-refractivity contribution in [1.29, 1.82) is 0 Å². The first-order chi connectivity index (χ1) is 17.5. The molecule has 0 aliphatic rings. The van der Waals surface area contributed by atoms with Crippen LogP contribution in [0.3, 0.4) is 0 Å². The van der Waals surface area contributed by atoms with Gasteiger partial charge in [-0.1, -0.05) is 39.0 Å². The number of carbonyl (C=O) groups excluding carboxylic acids is 3. The van der Waals surface area contributed by atoms with Gasteiger partial charge in [0.1, 0.15) is 0 Å². The number of hydrogen-bond acceptors (Lipinski definition) is 6. The van der Waals surface area contributed by atoms with E-state index in [1.807, 2.05) is 70.1 Å². The standard InChI is InChI=1S/C29H29N5O3/c1-29(2,3)28(37)31-23-12-14-24-21(18-23)10-11-22(30-24)13-15-25(35)19-6-8-20(9-7-19)27(36)34-17-16-26(32-34)33(4)5/h6-18H,1-5H3,(H,31,37)/b15-13-. The molecule has 0 aliphatic heterocycles. The highest BCUT2D eigenvalue weighted by atomic mass is 16.2. The largest absolute Gasteiger partial charge is 0.361 e. The number of allylic oxidation sites excluding steroid dienone is 1. The minimum absolute atomic E-state index is 0.0601. The van der Waals surface area contributed by atoms with Crippen LogP contribution in [0.1, 0.15) is 47.2 Å². The predicted molar refractivity (Wildman–Crippen MR) is 146 cm³/mol. The molecular weight excluding hydrogens is 466 g/mol. The van der Waals surface area contributed by atoms with Crippen LogP contribution in [0.25, 0.3) is 17.0 Å². The quantitative estimate of drug-likeness (QED) is 0.296. The number of nitrogens with zero attached hydrogens (tertiary/aromatic N) is 4. The average molecular weight is 496 g/mol. The molecule has 0 radical (unpaired) electrons. The molecular formula is C29H29N5O3. The molecule has 0 atom stereocenters. The molecule has 0 spiro atoms. The van der Waals surface area contributed by atoms with E-state index >= 15 is 0 Å². The van der Waals surface area contributed by atoms with Crippen molar-refractivity contribution < 1.29 is 14.4 Å². The Morgan fingerprint density at radius 1 is 0.919 bits per heavy atom. The van der Waals surface area contributed by atoms with Crippen molar-refractivity contribution >= 4 is 46.1 Å². The van der Waals surface area contributed by atoms with Crippen LogP contribution in [-0.4, -0.2) is 46.5 Å². The van der Waals surface area contributed by atoms with E-state index in [0.717, 1.165) is 10.9 Å². The highest BCUT2D eigenvalue weighted by Crippen LogP contribution is 2.22. The topological polar surface area (TPSA) is 97.2 Å². The van der Waals surface area contributed by atoms with Crippen LogP contribution in [0.4, 0.5) is 11.5 Å². The van der Waals surface area contributed by atoms with Crippen LogP contribution in [0.5, 0.6) is 0 Å². The molecule has 1 amide bonds. The second-order valence-corrected chi connectivity index (χ2v) is 9.94. The lowest BCUT2D eigenvalue weighted by Gasteiger charge is -2.17. The number of fused-ring (bicyclic) bond motifs is 1. The summed E-state index contributed by atoms with van der Waals surface area (Å²) in [5.41, 5.74) is 2.50. The molecule has 0 saturated heterocycles. The lowest BCUT2D eigenvalue weighted by Crippen LogP contribution is -2.27. The highest BCUT2D eigenvalue weighted by Gasteiger charge is 2.21. The molecule has 0 saturated carbocycles. The van der Waals surface area contributed by atoms with Gasteiger partial charge in [-0.2, -0.15) is 0 Å². The van der Waals surface area contributed by atoms with E-state index in [1.165, 1.54) is 10.8 Å². The molecule has 8 heteroatoms. The molecule has 2 aromatic carbocycles. The number of pyridine rings is 1. The Morgan fingerprint density at radius 3 is 2.27 bits per heavy atom. The van der Waals surface area contributed by atoms with E-state index in [9.17, 15) is 14.4 Å². The Hall–Kier alpha value is -4.59. The van der Waals surface area contributed by atoms with E-state index in [4.69, 9.17) is 0 Å². The SMILES string of the molecule is CN(C)c1ccn(C(=O)c2ccc(C(=O)/C=C\c3ccc4cc(NC(=O)C(C)(C)C)ccc4n3)cc2)n1. The van der Waals surface area contributed by atoms with Crippen LogP contribution in [0, 0.1) is 5.41 Å². The predicted octanol–water partition coefficient (Wildman–Crippen LogP) is 5.07. The van der Waals surface area contributed by atoms with Gasteiger partial charge in [0.2, 0.25) is 5.91 Å². The maximum Gasteiger partial charge on any atom is 0.278 e. The second kappa shape index (κ2) is 10.2. The third-order valence-electron chi connectivity index (χ3n) is 5.71. The third-order valence-corrected chi connectivity index (χ3v) is 5.71. The van der Waals surface area contributed by atoms with Gasteiger partial charge in [-0.15, -0.1) is 5.10 Å². The van der Waals surface area contributed by atoms with Gasteiger partial charge >= 0.3 is 0 Å². The number of nitrogens with one attached hydrogen (secondary N) is 1. The average Bonchev–Trinajstić information content (AvgIpc) is 3.37. The van der Waals surface area contributed by atoms with E-state index in [0.29, 0.717) is 28.3 Å². The van der Waals surface area contributed by atoms with Crippen molar-refractivity contribution in [2.75, 3.05) is 24.3 Å². The summed E-state index contributed by atoms with van der Waals surface area (Å²) in [6.45, 7) is 5.59. The first-order valence-electron chi connectivity index (χ1n) is 11.8. The first kappa shape index (κ1) is 25.5. The van der Waals surface area contributed by atoms with Crippen molar-refractivity contribution in [3.63, 3.8) is 0 Å². The van der Waals surface area contributed by atoms with E-state index in [-0.39, 0.29) is 17.6 Å². The lowest BCUT2D eigenvalue weighted by molar-refractivity contribution is -0.123. The molecule has 188 valence electrons. The number of carbonyl (C=O) groups is 3. The molecule has 0 aliphatic carbocycles. The number of anilines is 2. The van der Waals surface area contributed by atoms with Gasteiger partial charge in [-0.05, 0) is 48.6 Å². The minimum Gasteiger partial charge on any atom is -0.361 e. The van der Waals surface area contributed by atoms with Crippen LogP contribution < -0.4 is 10.2 Å². The summed E-state index contributed by atoms with van der Waals surface area (Å²) in [7, 11) is 3.70. The van der Waals surface area contributed by atoms with E-state index in [2.05, 4.69) is 15.4 Å². The Morgan fingerprint density at radius 2 is 1.62 bits per heavy atom. The van der Waals surface area contributed by atoms with Crippen molar-refractivity contribution in [2.24, 2.45) is 5.41 Å². The van der Waals surface area contributed by atoms with Crippen LogP contribution in [-0.2, 0) is 4.79 Å². The molecule has 4 rings (SSSR count). The molecule has 4 aromatic rings. The summed E-state index contributed by atoms with van der Waals surface area (Å²) in [5.74, 6) is 0.148. The smallest absolute Gasteiger partial charge is 0.278 e. The zero-order valence-corrected chi connectivity index (χ0v) is 21.5. The van der Waals surface area contributed by atoms with Crippen molar-refractivity contribution in [3.05, 3.63) is 89.8 Å². The fraction of sp³-hybridized carbons (Fsp3) is 0.207. The zero-order chi connectivity index (χ0) is 26.7. The number of hydrogen-bond donors (Lipinski definition) is 1. The summed E-state index contributed by atoms with van der Waals surface area (Å²) in [4.78, 5) is 44.0. The number of benzene rings is 2. The minimum atomic E-state index is -0.486. The van der Waals surface area contributed by atoms with Gasteiger partial charge in [-0.25, -0.2) is 9.67 Å². The molecule has 2 aromatic heterocycles. The summed E-state index contributed by atoms with van der Waals surface area (Å²) in [5, 5.41) is 8.04. The van der Waals surface area contributed by atoms with Crippen molar-refractivity contribution in [3.8, 4) is 0 Å². The van der Waals surface area contributed by atoms with E-state index < -0.39 is 5.41 Å². The maximum atomic E-state index is 12.7. The molecule has 2 heterocycles. The van der Waals surface area contributed by atoms with Gasteiger partial charge < -0.3 is 10.2 Å². The maximum absolute atomic E-state index is 12.7. The number of aromatic nitrogens is 3. The third kappa shape index (κ3) is 5.98. The Bertz CT molecular complexity index is 1510. The van der Waals surface area contributed by atoms with Crippen molar-refractivity contribution in [2.45, 2.75) is 20.8 Å². The number of rotatable bonds is 6. The Kier molecular flexibility index (Phi) is 7.02. The number of amides is 1. The monoisotopic (exact) mass is 495 g/mol. The van der Waals surface area contributed by atoms with Crippen LogP contribution >= 0.6 is 0 Å². The molecule has 0 bridgehead atoms. The van der Waals surface area contributed by atoms with Gasteiger partial charge in [0.25, 0.3) is 5.91 Å². The molecule has 37 heavy (non-hydrogen) atoms. The zero-order valence-electron chi connectivity index (χ0n) is 21.5. The van der Waals surface area contributed by atoms with Gasteiger partial charge in [0.05, 0.1) is 11.2 Å². The Balaban J connectivity index is 1.43. The van der Waals surface area contributed by atoms with E-state index in [1.54, 1.807) is 42.6 Å².